The first-order valence-corrected chi connectivity index (χ1v) is 8.56. The Bertz CT molecular complexity index is 434. The summed E-state index contributed by atoms with van der Waals surface area (Å²) in [5.74, 6) is 0. The van der Waals surface area contributed by atoms with E-state index in [1.54, 1.807) is 11.3 Å². The molecule has 2 heterocycles. The van der Waals surface area contributed by atoms with Gasteiger partial charge in [0.25, 0.3) is 0 Å². The van der Waals surface area contributed by atoms with Crippen LogP contribution in [0.1, 0.15) is 17.0 Å². The van der Waals surface area contributed by atoms with Crippen molar-refractivity contribution in [3.05, 3.63) is 10.6 Å². The van der Waals surface area contributed by atoms with Crippen LogP contribution in [-0.4, -0.2) is 45.5 Å². The number of anilines is 1. The lowest BCUT2D eigenvalue weighted by molar-refractivity contribution is 0.284. The van der Waals surface area contributed by atoms with Crippen LogP contribution in [0.15, 0.2) is 0 Å². The smallest absolute Gasteiger partial charge is 0.325 e. The SMILES string of the molecule is Nc1nc2c(s1)CCN(CCCP(=O)(O)O)CC2. The molecule has 0 spiro atoms. The van der Waals surface area contributed by atoms with Crippen LogP contribution in [0.25, 0.3) is 0 Å². The molecule has 1 aromatic heterocycles. The molecule has 102 valence electrons. The highest BCUT2D eigenvalue weighted by Gasteiger charge is 2.18. The third-order valence-electron chi connectivity index (χ3n) is 3.04. The molecule has 0 bridgehead atoms. The first-order chi connectivity index (χ1) is 8.44. The van der Waals surface area contributed by atoms with Gasteiger partial charge < -0.3 is 20.4 Å². The third kappa shape index (κ3) is 4.03. The van der Waals surface area contributed by atoms with Crippen LogP contribution in [0.3, 0.4) is 0 Å². The van der Waals surface area contributed by atoms with E-state index < -0.39 is 7.60 Å². The molecule has 8 heteroatoms. The van der Waals surface area contributed by atoms with Crippen molar-refractivity contribution in [2.45, 2.75) is 19.3 Å². The second-order valence-electron chi connectivity index (χ2n) is 4.51. The number of aromatic nitrogens is 1. The Morgan fingerprint density at radius 3 is 2.83 bits per heavy atom. The van der Waals surface area contributed by atoms with Gasteiger partial charge in [0.15, 0.2) is 5.13 Å². The highest BCUT2D eigenvalue weighted by molar-refractivity contribution is 7.51. The number of thiazole rings is 1. The van der Waals surface area contributed by atoms with Gasteiger partial charge in [0.05, 0.1) is 11.9 Å². The topological polar surface area (TPSA) is 99.7 Å². The largest absolute Gasteiger partial charge is 0.375 e. The van der Waals surface area contributed by atoms with Crippen LogP contribution in [0.4, 0.5) is 5.13 Å². The molecular formula is C10H18N3O3PS. The molecule has 0 amide bonds. The molecule has 0 saturated heterocycles. The minimum absolute atomic E-state index is 0.0313. The molecule has 1 aliphatic rings. The Kier molecular flexibility index (Phi) is 4.40. The number of hydrogen-bond donors (Lipinski definition) is 3. The van der Waals surface area contributed by atoms with Crippen molar-refractivity contribution in [2.24, 2.45) is 0 Å². The van der Waals surface area contributed by atoms with Gasteiger partial charge in [-0.05, 0) is 19.4 Å². The molecule has 4 N–H and O–H groups in total. The van der Waals surface area contributed by atoms with Crippen molar-refractivity contribution in [3.63, 3.8) is 0 Å². The number of rotatable bonds is 4. The zero-order valence-corrected chi connectivity index (χ0v) is 11.8. The lowest BCUT2D eigenvalue weighted by atomic mass is 10.2. The van der Waals surface area contributed by atoms with Crippen LogP contribution < -0.4 is 5.73 Å². The van der Waals surface area contributed by atoms with Gasteiger partial charge in [-0.1, -0.05) is 0 Å². The summed E-state index contributed by atoms with van der Waals surface area (Å²) >= 11 is 1.55. The van der Waals surface area contributed by atoms with Crippen LogP contribution in [0.2, 0.25) is 0 Å². The molecule has 0 aliphatic carbocycles. The van der Waals surface area contributed by atoms with Gasteiger partial charge in [-0.2, -0.15) is 0 Å². The van der Waals surface area contributed by atoms with Gasteiger partial charge in [-0.25, -0.2) is 4.98 Å². The van der Waals surface area contributed by atoms with Gasteiger partial charge in [0.1, 0.15) is 0 Å². The molecule has 0 aromatic carbocycles. The van der Waals surface area contributed by atoms with Crippen molar-refractivity contribution in [2.75, 3.05) is 31.5 Å². The Morgan fingerprint density at radius 2 is 2.11 bits per heavy atom. The van der Waals surface area contributed by atoms with E-state index in [-0.39, 0.29) is 6.16 Å². The van der Waals surface area contributed by atoms with Crippen molar-refractivity contribution in [1.82, 2.24) is 9.88 Å². The summed E-state index contributed by atoms with van der Waals surface area (Å²) in [5, 5.41) is 0.634. The summed E-state index contributed by atoms with van der Waals surface area (Å²) in [6, 6.07) is 0. The Hall–Kier alpha value is -0.460. The molecule has 18 heavy (non-hydrogen) atoms. The van der Waals surface area contributed by atoms with E-state index in [4.69, 9.17) is 15.5 Å². The highest BCUT2D eigenvalue weighted by atomic mass is 32.1. The highest BCUT2D eigenvalue weighted by Crippen LogP contribution is 2.34. The average molecular weight is 291 g/mol. The second kappa shape index (κ2) is 5.67. The van der Waals surface area contributed by atoms with Crippen LogP contribution in [-0.2, 0) is 17.4 Å². The molecule has 0 unspecified atom stereocenters. The average Bonchev–Trinajstić information content (AvgIpc) is 2.51. The summed E-state index contributed by atoms with van der Waals surface area (Å²) in [5.41, 5.74) is 6.77. The standard InChI is InChI=1S/C10H18N3O3PS/c11-10-12-8-2-5-13(6-3-9(8)18-10)4-1-7-17(14,15)16/h1-7H2,(H2,11,12)(H2,14,15,16). The molecule has 0 saturated carbocycles. The van der Waals surface area contributed by atoms with Gasteiger partial charge in [0, 0.05) is 24.4 Å². The van der Waals surface area contributed by atoms with E-state index in [1.165, 1.54) is 4.88 Å². The van der Waals surface area contributed by atoms with E-state index >= 15 is 0 Å². The summed E-state index contributed by atoms with van der Waals surface area (Å²) < 4.78 is 10.8. The van der Waals surface area contributed by atoms with Crippen LogP contribution in [0, 0.1) is 0 Å². The summed E-state index contributed by atoms with van der Waals surface area (Å²) in [7, 11) is -3.85. The number of nitrogens with two attached hydrogens (primary N) is 1. The van der Waals surface area contributed by atoms with Crippen molar-refractivity contribution in [1.29, 1.82) is 0 Å². The Labute approximate surface area is 110 Å². The maximum absolute atomic E-state index is 10.8. The zero-order chi connectivity index (χ0) is 13.2. The van der Waals surface area contributed by atoms with Crippen molar-refractivity contribution < 1.29 is 14.4 Å². The minimum Gasteiger partial charge on any atom is -0.375 e. The van der Waals surface area contributed by atoms with E-state index in [2.05, 4.69) is 9.88 Å². The van der Waals surface area contributed by atoms with E-state index in [1.807, 2.05) is 0 Å². The summed E-state index contributed by atoms with van der Waals surface area (Å²) in [6.45, 7) is 2.53. The zero-order valence-electron chi connectivity index (χ0n) is 10.1. The summed E-state index contributed by atoms with van der Waals surface area (Å²) in [6.07, 6.45) is 2.31. The fraction of sp³-hybridized carbons (Fsp3) is 0.700. The lowest BCUT2D eigenvalue weighted by Crippen LogP contribution is -2.28. The third-order valence-corrected chi connectivity index (χ3v) is 4.92. The molecule has 1 aromatic rings. The maximum atomic E-state index is 10.8. The summed E-state index contributed by atoms with van der Waals surface area (Å²) in [4.78, 5) is 25.4. The molecular weight excluding hydrogens is 273 g/mol. The normalized spacial score (nSPS) is 17.4. The molecule has 2 rings (SSSR count). The molecule has 0 atom stereocenters. The predicted molar refractivity (Wildman–Crippen MR) is 71.9 cm³/mol. The second-order valence-corrected chi connectivity index (χ2v) is 7.40. The number of hydrogen-bond acceptors (Lipinski definition) is 5. The fourth-order valence-electron chi connectivity index (χ4n) is 2.15. The van der Waals surface area contributed by atoms with Crippen LogP contribution >= 0.6 is 18.9 Å². The first-order valence-electron chi connectivity index (χ1n) is 5.95. The number of nitrogen functional groups attached to an aromatic ring is 1. The number of fused-ring (bicyclic) bond motifs is 1. The quantitative estimate of drug-likeness (QED) is 0.706. The fourth-order valence-corrected chi connectivity index (χ4v) is 3.57. The van der Waals surface area contributed by atoms with Crippen molar-refractivity contribution >= 4 is 24.1 Å². The maximum Gasteiger partial charge on any atom is 0.325 e. The lowest BCUT2D eigenvalue weighted by Gasteiger charge is -2.19. The van der Waals surface area contributed by atoms with E-state index in [9.17, 15) is 4.57 Å². The molecule has 1 aliphatic heterocycles. The Balaban J connectivity index is 1.81. The van der Waals surface area contributed by atoms with Gasteiger partial charge in [0.2, 0.25) is 0 Å². The van der Waals surface area contributed by atoms with Gasteiger partial charge >= 0.3 is 7.60 Å². The van der Waals surface area contributed by atoms with E-state index in [0.717, 1.165) is 38.2 Å². The van der Waals surface area contributed by atoms with Gasteiger partial charge in [-0.15, -0.1) is 11.3 Å². The monoisotopic (exact) mass is 291 g/mol. The molecule has 0 fully saturated rings. The Morgan fingerprint density at radius 1 is 1.39 bits per heavy atom. The molecule has 0 radical (unpaired) electrons. The predicted octanol–water partition coefficient (Wildman–Crippen LogP) is 0.694. The molecule has 6 nitrogen and oxygen atoms in total. The first kappa shape index (κ1) is 14.0. The van der Waals surface area contributed by atoms with Crippen molar-refractivity contribution in [3.8, 4) is 0 Å². The van der Waals surface area contributed by atoms with E-state index in [0.29, 0.717) is 11.6 Å². The van der Waals surface area contributed by atoms with Crippen LogP contribution in [0.5, 0.6) is 0 Å². The minimum atomic E-state index is -3.85. The number of nitrogens with zero attached hydrogens (tertiary/aromatic N) is 2. The van der Waals surface area contributed by atoms with Gasteiger partial charge in [-0.3, -0.25) is 4.57 Å².